The Hall–Kier alpha value is -2.75. The van der Waals surface area contributed by atoms with E-state index in [4.69, 9.17) is 15.9 Å². The third-order valence-electron chi connectivity index (χ3n) is 2.90. The molecule has 7 heteroatoms. The first-order valence-electron chi connectivity index (χ1n) is 6.92. The maximum absolute atomic E-state index is 12.3. The lowest BCUT2D eigenvalue weighted by Gasteiger charge is -2.35. The minimum atomic E-state index is -0.622. The second-order valence-corrected chi connectivity index (χ2v) is 5.59. The number of hydrogen-bond donors (Lipinski definition) is 1. The highest BCUT2D eigenvalue weighted by Crippen LogP contribution is 2.33. The Morgan fingerprint density at radius 3 is 2.57 bits per heavy atom. The van der Waals surface area contributed by atoms with Gasteiger partial charge in [0.25, 0.3) is 5.91 Å². The van der Waals surface area contributed by atoms with Crippen molar-refractivity contribution in [1.29, 1.82) is 0 Å². The van der Waals surface area contributed by atoms with Gasteiger partial charge in [0.05, 0.1) is 13.3 Å². The Balaban J connectivity index is 3.34. The highest BCUT2D eigenvalue weighted by Gasteiger charge is 2.32. The summed E-state index contributed by atoms with van der Waals surface area (Å²) in [6.07, 6.45) is 5.89. The molecule has 124 valence electrons. The van der Waals surface area contributed by atoms with Crippen molar-refractivity contribution in [1.82, 2.24) is 10.3 Å². The van der Waals surface area contributed by atoms with Crippen LogP contribution in [0.5, 0.6) is 5.75 Å². The molecule has 0 radical (unpaired) electrons. The summed E-state index contributed by atoms with van der Waals surface area (Å²) in [5, 5.41) is 2.48. The molecule has 0 spiro atoms. The number of anilines is 1. The predicted molar refractivity (Wildman–Crippen MR) is 86.6 cm³/mol. The lowest BCUT2D eigenvalue weighted by atomic mass is 10.1. The van der Waals surface area contributed by atoms with Crippen LogP contribution in [-0.2, 0) is 4.74 Å². The molecule has 0 unspecified atom stereocenters. The number of hydrogen-bond acceptors (Lipinski definition) is 5. The van der Waals surface area contributed by atoms with Gasteiger partial charge in [-0.3, -0.25) is 9.69 Å². The van der Waals surface area contributed by atoms with E-state index in [0.717, 1.165) is 0 Å². The van der Waals surface area contributed by atoms with E-state index in [1.807, 2.05) is 20.8 Å². The van der Waals surface area contributed by atoms with E-state index < -0.39 is 11.6 Å². The van der Waals surface area contributed by atoms with Crippen LogP contribution < -0.4 is 15.0 Å². The van der Waals surface area contributed by atoms with Crippen LogP contribution in [0.15, 0.2) is 12.3 Å². The number of amides is 2. The number of pyridine rings is 1. The molecule has 2 amide bonds. The number of rotatable bonds is 4. The van der Waals surface area contributed by atoms with Crippen LogP contribution in [0.25, 0.3) is 0 Å². The van der Waals surface area contributed by atoms with Gasteiger partial charge in [0.2, 0.25) is 0 Å². The lowest BCUT2D eigenvalue weighted by molar-refractivity contribution is 0.0958. The molecule has 0 aliphatic heterocycles. The van der Waals surface area contributed by atoms with E-state index in [1.54, 1.807) is 0 Å². The fraction of sp³-hybridized carbons (Fsp3) is 0.438. The van der Waals surface area contributed by atoms with Crippen LogP contribution in [0.3, 0.4) is 0 Å². The molecule has 0 aromatic carbocycles. The Bertz CT molecular complexity index is 629. The minimum Gasteiger partial charge on any atom is -0.494 e. The molecule has 0 atom stereocenters. The summed E-state index contributed by atoms with van der Waals surface area (Å²) in [4.78, 5) is 29.5. The van der Waals surface area contributed by atoms with Crippen LogP contribution in [0, 0.1) is 12.3 Å². The highest BCUT2D eigenvalue weighted by atomic mass is 16.6. The predicted octanol–water partition coefficient (Wildman–Crippen LogP) is 1.82. The molecule has 1 rings (SSSR count). The van der Waals surface area contributed by atoms with Crippen molar-refractivity contribution in [3.05, 3.63) is 18.0 Å². The van der Waals surface area contributed by atoms with E-state index in [-0.39, 0.29) is 18.2 Å². The standard InChI is InChI=1S/C16H21N3O4/c1-7-8-23-15(21)19(16(2,3)4)12-10-18-11(14(20)17-5)9-13(12)22-6/h1,9-10H,8H2,2-6H3,(H,17,20). The van der Waals surface area contributed by atoms with Crippen LogP contribution in [-0.4, -0.2) is 43.3 Å². The maximum atomic E-state index is 12.3. The van der Waals surface area contributed by atoms with E-state index in [0.29, 0.717) is 11.4 Å². The average Bonchev–Trinajstić information content (AvgIpc) is 2.51. The molecule has 0 saturated carbocycles. The molecular weight excluding hydrogens is 298 g/mol. The Labute approximate surface area is 136 Å². The van der Waals surface area contributed by atoms with Gasteiger partial charge in [-0.25, -0.2) is 9.78 Å². The number of nitrogens with one attached hydrogen (secondary N) is 1. The summed E-state index contributed by atoms with van der Waals surface area (Å²) in [6.45, 7) is 5.35. The second-order valence-electron chi connectivity index (χ2n) is 5.59. The van der Waals surface area contributed by atoms with Gasteiger partial charge < -0.3 is 14.8 Å². The van der Waals surface area contributed by atoms with Gasteiger partial charge in [-0.2, -0.15) is 0 Å². The van der Waals surface area contributed by atoms with Gasteiger partial charge in [-0.05, 0) is 20.8 Å². The summed E-state index contributed by atoms with van der Waals surface area (Å²) in [5.41, 5.74) is -0.0524. The molecule has 7 nitrogen and oxygen atoms in total. The fourth-order valence-corrected chi connectivity index (χ4v) is 1.91. The van der Waals surface area contributed by atoms with Gasteiger partial charge in [0.1, 0.15) is 17.1 Å². The highest BCUT2D eigenvalue weighted by molar-refractivity contribution is 5.95. The molecule has 1 heterocycles. The van der Waals surface area contributed by atoms with Gasteiger partial charge in [0, 0.05) is 18.7 Å². The first-order chi connectivity index (χ1) is 10.8. The summed E-state index contributed by atoms with van der Waals surface area (Å²) in [5.74, 6) is 2.22. The van der Waals surface area contributed by atoms with Crippen molar-refractivity contribution in [3.63, 3.8) is 0 Å². The largest absolute Gasteiger partial charge is 0.494 e. The van der Waals surface area contributed by atoms with Crippen molar-refractivity contribution in [2.24, 2.45) is 0 Å². The summed E-state index contributed by atoms with van der Waals surface area (Å²) >= 11 is 0. The lowest BCUT2D eigenvalue weighted by Crippen LogP contribution is -2.46. The first-order valence-corrected chi connectivity index (χ1v) is 6.92. The number of terminal acetylenes is 1. The van der Waals surface area contributed by atoms with Gasteiger partial charge in [-0.1, -0.05) is 5.92 Å². The monoisotopic (exact) mass is 319 g/mol. The summed E-state index contributed by atoms with van der Waals surface area (Å²) in [6, 6.07) is 1.46. The topological polar surface area (TPSA) is 80.8 Å². The number of carbonyl (C=O) groups is 2. The minimum absolute atomic E-state index is 0.141. The number of aromatic nitrogens is 1. The fourth-order valence-electron chi connectivity index (χ4n) is 1.91. The average molecular weight is 319 g/mol. The molecule has 0 saturated heterocycles. The van der Waals surface area contributed by atoms with E-state index >= 15 is 0 Å². The molecule has 1 aromatic rings. The van der Waals surface area contributed by atoms with Gasteiger partial charge >= 0.3 is 6.09 Å². The molecule has 0 bridgehead atoms. The van der Waals surface area contributed by atoms with Crippen LogP contribution >= 0.6 is 0 Å². The second kappa shape index (κ2) is 7.49. The molecular formula is C16H21N3O4. The first kappa shape index (κ1) is 18.3. The third-order valence-corrected chi connectivity index (χ3v) is 2.90. The summed E-state index contributed by atoms with van der Waals surface area (Å²) < 4.78 is 10.3. The molecule has 0 aliphatic rings. The molecule has 23 heavy (non-hydrogen) atoms. The van der Waals surface area contributed by atoms with Crippen molar-refractivity contribution >= 4 is 17.7 Å². The number of methoxy groups -OCH3 is 1. The maximum Gasteiger partial charge on any atom is 0.415 e. The molecule has 0 fully saturated rings. The zero-order valence-electron chi connectivity index (χ0n) is 14.0. The Morgan fingerprint density at radius 1 is 1.43 bits per heavy atom. The molecule has 1 aromatic heterocycles. The van der Waals surface area contributed by atoms with Crippen LogP contribution in [0.1, 0.15) is 31.3 Å². The smallest absolute Gasteiger partial charge is 0.415 e. The quantitative estimate of drug-likeness (QED) is 0.856. The number of nitrogens with zero attached hydrogens (tertiary/aromatic N) is 2. The van der Waals surface area contributed by atoms with E-state index in [9.17, 15) is 9.59 Å². The van der Waals surface area contributed by atoms with Crippen molar-refractivity contribution in [2.75, 3.05) is 25.7 Å². The zero-order valence-corrected chi connectivity index (χ0v) is 14.0. The number of ether oxygens (including phenoxy) is 2. The molecule has 1 N–H and O–H groups in total. The SMILES string of the molecule is C#CCOC(=O)N(c1cnc(C(=O)NC)cc1OC)C(C)(C)C. The van der Waals surface area contributed by atoms with Crippen molar-refractivity contribution in [3.8, 4) is 18.1 Å². The van der Waals surface area contributed by atoms with E-state index in [2.05, 4.69) is 16.2 Å². The zero-order chi connectivity index (χ0) is 17.6. The van der Waals surface area contributed by atoms with Crippen LogP contribution in [0.2, 0.25) is 0 Å². The molecule has 0 aliphatic carbocycles. The Morgan fingerprint density at radius 2 is 2.09 bits per heavy atom. The van der Waals surface area contributed by atoms with Crippen molar-refractivity contribution in [2.45, 2.75) is 26.3 Å². The summed E-state index contributed by atoms with van der Waals surface area (Å²) in [7, 11) is 2.95. The van der Waals surface area contributed by atoms with Crippen molar-refractivity contribution < 1.29 is 19.1 Å². The Kier molecular flexibility index (Phi) is 5.96. The third kappa shape index (κ3) is 4.36. The van der Waals surface area contributed by atoms with E-state index in [1.165, 1.54) is 31.3 Å². The number of carbonyl (C=O) groups excluding carboxylic acids is 2. The van der Waals surface area contributed by atoms with Gasteiger partial charge in [-0.15, -0.1) is 6.42 Å². The van der Waals surface area contributed by atoms with Crippen LogP contribution in [0.4, 0.5) is 10.5 Å². The van der Waals surface area contributed by atoms with Gasteiger partial charge in [0.15, 0.2) is 6.61 Å². The normalized spacial score (nSPS) is 10.4.